The van der Waals surface area contributed by atoms with E-state index in [0.717, 1.165) is 5.56 Å². The number of hydrogen-bond acceptors (Lipinski definition) is 3. The molecular weight excluding hydrogens is 262 g/mol. The summed E-state index contributed by atoms with van der Waals surface area (Å²) in [5.41, 5.74) is 6.61. The molecule has 0 spiro atoms. The van der Waals surface area contributed by atoms with Crippen molar-refractivity contribution in [3.8, 4) is 0 Å². The first-order valence-electron chi connectivity index (χ1n) is 5.85. The van der Waals surface area contributed by atoms with Crippen LogP contribution in [0, 0.1) is 0 Å². The Morgan fingerprint density at radius 2 is 2.05 bits per heavy atom. The minimum absolute atomic E-state index is 0.0818. The van der Waals surface area contributed by atoms with Gasteiger partial charge in [-0.25, -0.2) is 4.98 Å². The number of rotatable bonds is 4. The zero-order chi connectivity index (χ0) is 13.8. The molecule has 0 radical (unpaired) electrons. The predicted octanol–water partition coefficient (Wildman–Crippen LogP) is 3.01. The molecule has 98 valence electrons. The zero-order valence-electron chi connectivity index (χ0n) is 10.4. The van der Waals surface area contributed by atoms with E-state index in [4.69, 9.17) is 17.3 Å². The number of carbonyl (C=O) groups is 1. The fraction of sp³-hybridized carbons (Fsp3) is 0.143. The van der Waals surface area contributed by atoms with E-state index in [2.05, 4.69) is 10.3 Å². The number of anilines is 1. The van der Waals surface area contributed by atoms with Crippen LogP contribution < -0.4 is 11.1 Å². The Hall–Kier alpha value is -2.07. The fourth-order valence-corrected chi connectivity index (χ4v) is 2.13. The summed E-state index contributed by atoms with van der Waals surface area (Å²) in [6.45, 7) is 1.95. The molecule has 0 aliphatic carbocycles. The van der Waals surface area contributed by atoms with E-state index in [1.807, 2.05) is 31.2 Å². The minimum atomic E-state index is -0.512. The number of pyridine rings is 1. The summed E-state index contributed by atoms with van der Waals surface area (Å²) in [6, 6.07) is 10.8. The Bertz CT molecular complexity index is 601. The van der Waals surface area contributed by atoms with Crippen molar-refractivity contribution in [2.45, 2.75) is 13.0 Å². The highest BCUT2D eigenvalue weighted by molar-refractivity contribution is 6.31. The van der Waals surface area contributed by atoms with E-state index in [0.29, 0.717) is 16.4 Å². The molecule has 1 heterocycles. The van der Waals surface area contributed by atoms with Crippen molar-refractivity contribution < 1.29 is 4.79 Å². The molecule has 3 N–H and O–H groups in total. The van der Waals surface area contributed by atoms with E-state index in [-0.39, 0.29) is 6.04 Å². The molecule has 0 aliphatic rings. The topological polar surface area (TPSA) is 68.0 Å². The SMILES string of the molecule is CC(Nc1ncccc1C(N)=O)c1ccccc1Cl. The van der Waals surface area contributed by atoms with Crippen LogP contribution >= 0.6 is 11.6 Å². The normalized spacial score (nSPS) is 11.9. The molecule has 2 aromatic rings. The van der Waals surface area contributed by atoms with E-state index in [9.17, 15) is 4.79 Å². The van der Waals surface area contributed by atoms with Crippen LogP contribution in [0.4, 0.5) is 5.82 Å². The average Bonchev–Trinajstić information content (AvgIpc) is 2.39. The van der Waals surface area contributed by atoms with Crippen molar-refractivity contribution in [2.24, 2.45) is 5.73 Å². The van der Waals surface area contributed by atoms with Crippen molar-refractivity contribution in [1.82, 2.24) is 4.98 Å². The number of halogens is 1. The van der Waals surface area contributed by atoms with Crippen LogP contribution in [0.3, 0.4) is 0 Å². The Kier molecular flexibility index (Phi) is 4.02. The van der Waals surface area contributed by atoms with Gasteiger partial charge in [0.25, 0.3) is 5.91 Å². The van der Waals surface area contributed by atoms with Crippen LogP contribution in [-0.2, 0) is 0 Å². The standard InChI is InChI=1S/C14H14ClN3O/c1-9(10-5-2-3-7-12(10)15)18-14-11(13(16)19)6-4-8-17-14/h2-9H,1H3,(H2,16,19)(H,17,18). The van der Waals surface area contributed by atoms with Crippen molar-refractivity contribution in [3.05, 3.63) is 58.7 Å². The maximum absolute atomic E-state index is 11.3. The van der Waals surface area contributed by atoms with Crippen LogP contribution in [0.15, 0.2) is 42.6 Å². The minimum Gasteiger partial charge on any atom is -0.365 e. The maximum atomic E-state index is 11.3. The summed E-state index contributed by atoms with van der Waals surface area (Å²) < 4.78 is 0. The first-order chi connectivity index (χ1) is 9.09. The van der Waals surface area contributed by atoms with Gasteiger partial charge in [0.2, 0.25) is 0 Å². The lowest BCUT2D eigenvalue weighted by Crippen LogP contribution is -2.17. The van der Waals surface area contributed by atoms with Crippen molar-refractivity contribution >= 4 is 23.3 Å². The number of nitrogens with one attached hydrogen (secondary N) is 1. The molecule has 0 saturated carbocycles. The van der Waals surface area contributed by atoms with Gasteiger partial charge in [-0.2, -0.15) is 0 Å². The third kappa shape index (κ3) is 3.03. The Morgan fingerprint density at radius 1 is 1.32 bits per heavy atom. The van der Waals surface area contributed by atoms with Gasteiger partial charge >= 0.3 is 0 Å². The van der Waals surface area contributed by atoms with Gasteiger partial charge in [-0.05, 0) is 30.7 Å². The molecule has 0 aliphatic heterocycles. The van der Waals surface area contributed by atoms with Gasteiger partial charge in [-0.1, -0.05) is 29.8 Å². The Balaban J connectivity index is 2.27. The van der Waals surface area contributed by atoms with Gasteiger partial charge in [0.1, 0.15) is 5.82 Å². The molecule has 4 nitrogen and oxygen atoms in total. The van der Waals surface area contributed by atoms with Gasteiger partial charge < -0.3 is 11.1 Å². The lowest BCUT2D eigenvalue weighted by atomic mass is 10.1. The van der Waals surface area contributed by atoms with Crippen LogP contribution in [0.1, 0.15) is 28.9 Å². The van der Waals surface area contributed by atoms with Crippen LogP contribution in [0.25, 0.3) is 0 Å². The summed E-state index contributed by atoms with van der Waals surface area (Å²) in [6.07, 6.45) is 1.61. The van der Waals surface area contributed by atoms with Gasteiger partial charge in [-0.15, -0.1) is 0 Å². The van der Waals surface area contributed by atoms with Gasteiger partial charge in [0.05, 0.1) is 11.6 Å². The number of amides is 1. The predicted molar refractivity (Wildman–Crippen MR) is 76.2 cm³/mol. The average molecular weight is 276 g/mol. The summed E-state index contributed by atoms with van der Waals surface area (Å²) in [5.74, 6) is -0.0515. The number of benzene rings is 1. The molecule has 1 aromatic heterocycles. The molecule has 1 atom stereocenters. The number of nitrogens with zero attached hydrogens (tertiary/aromatic N) is 1. The molecule has 0 saturated heterocycles. The Labute approximate surface area is 116 Å². The number of nitrogens with two attached hydrogens (primary N) is 1. The lowest BCUT2D eigenvalue weighted by Gasteiger charge is -2.17. The van der Waals surface area contributed by atoms with Gasteiger partial charge in [0, 0.05) is 11.2 Å². The van der Waals surface area contributed by atoms with E-state index in [1.165, 1.54) is 0 Å². The first kappa shape index (κ1) is 13.4. The highest BCUT2D eigenvalue weighted by atomic mass is 35.5. The van der Waals surface area contributed by atoms with E-state index in [1.54, 1.807) is 18.3 Å². The summed E-state index contributed by atoms with van der Waals surface area (Å²) in [7, 11) is 0. The smallest absolute Gasteiger partial charge is 0.252 e. The van der Waals surface area contributed by atoms with Crippen molar-refractivity contribution in [1.29, 1.82) is 0 Å². The summed E-state index contributed by atoms with van der Waals surface area (Å²) in [5, 5.41) is 3.82. The number of hydrogen-bond donors (Lipinski definition) is 2. The quantitative estimate of drug-likeness (QED) is 0.901. The molecule has 0 bridgehead atoms. The van der Waals surface area contributed by atoms with E-state index >= 15 is 0 Å². The van der Waals surface area contributed by atoms with E-state index < -0.39 is 5.91 Å². The highest BCUT2D eigenvalue weighted by Gasteiger charge is 2.13. The largest absolute Gasteiger partial charge is 0.365 e. The molecule has 1 amide bonds. The molecule has 2 rings (SSSR count). The molecule has 5 heteroatoms. The Morgan fingerprint density at radius 3 is 2.74 bits per heavy atom. The van der Waals surface area contributed by atoms with Gasteiger partial charge in [0.15, 0.2) is 0 Å². The van der Waals surface area contributed by atoms with Crippen molar-refractivity contribution in [3.63, 3.8) is 0 Å². The third-order valence-corrected chi connectivity index (χ3v) is 3.14. The zero-order valence-corrected chi connectivity index (χ0v) is 11.2. The first-order valence-corrected chi connectivity index (χ1v) is 6.23. The second-order valence-electron chi connectivity index (χ2n) is 4.15. The molecular formula is C14H14ClN3O. The van der Waals surface area contributed by atoms with Crippen LogP contribution in [-0.4, -0.2) is 10.9 Å². The van der Waals surface area contributed by atoms with Crippen molar-refractivity contribution in [2.75, 3.05) is 5.32 Å². The molecule has 0 fully saturated rings. The number of aromatic nitrogens is 1. The molecule has 19 heavy (non-hydrogen) atoms. The third-order valence-electron chi connectivity index (χ3n) is 2.80. The monoisotopic (exact) mass is 275 g/mol. The second kappa shape index (κ2) is 5.71. The van der Waals surface area contributed by atoms with Crippen LogP contribution in [0.5, 0.6) is 0 Å². The molecule has 1 aromatic carbocycles. The second-order valence-corrected chi connectivity index (χ2v) is 4.56. The number of primary amides is 1. The van der Waals surface area contributed by atoms with Gasteiger partial charge in [-0.3, -0.25) is 4.79 Å². The van der Waals surface area contributed by atoms with Crippen LogP contribution in [0.2, 0.25) is 5.02 Å². The summed E-state index contributed by atoms with van der Waals surface area (Å²) in [4.78, 5) is 15.5. The number of carbonyl (C=O) groups excluding carboxylic acids is 1. The molecule has 1 unspecified atom stereocenters. The lowest BCUT2D eigenvalue weighted by molar-refractivity contribution is 0.100. The summed E-state index contributed by atoms with van der Waals surface area (Å²) >= 11 is 6.14. The fourth-order valence-electron chi connectivity index (χ4n) is 1.83. The highest BCUT2D eigenvalue weighted by Crippen LogP contribution is 2.25. The maximum Gasteiger partial charge on any atom is 0.252 e.